The van der Waals surface area contributed by atoms with Gasteiger partial charge in [0.15, 0.2) is 0 Å². The average molecular weight is 271 g/mol. The van der Waals surface area contributed by atoms with Gasteiger partial charge in [-0.1, -0.05) is 30.3 Å². The molecule has 0 radical (unpaired) electrons. The highest BCUT2D eigenvalue weighted by Crippen LogP contribution is 2.38. The maximum atomic E-state index is 9.24. The Bertz CT molecular complexity index is 553. The summed E-state index contributed by atoms with van der Waals surface area (Å²) < 4.78 is 0. The molecule has 0 saturated carbocycles. The topological polar surface area (TPSA) is 32.3 Å². The van der Waals surface area contributed by atoms with E-state index in [-0.39, 0.29) is 0 Å². The van der Waals surface area contributed by atoms with Crippen LogP contribution in [0.4, 0.5) is 0 Å². The molecule has 0 bridgehead atoms. The molecule has 2 aromatic carbocycles. The Balaban J connectivity index is 1.55. The number of hydrogen-bond donors (Lipinski definition) is 2. The number of phenols is 1. The van der Waals surface area contributed by atoms with Crippen molar-refractivity contribution in [2.75, 3.05) is 12.3 Å². The van der Waals surface area contributed by atoms with Crippen LogP contribution in [0, 0.1) is 0 Å². The number of hydrogen-bond acceptors (Lipinski definition) is 3. The molecule has 1 atom stereocenters. The summed E-state index contributed by atoms with van der Waals surface area (Å²) in [5.41, 5.74) is 2.68. The first-order valence-corrected chi connectivity index (χ1v) is 7.52. The van der Waals surface area contributed by atoms with E-state index < -0.39 is 0 Å². The van der Waals surface area contributed by atoms with Crippen LogP contribution in [0.1, 0.15) is 17.0 Å². The van der Waals surface area contributed by atoms with Gasteiger partial charge in [-0.25, -0.2) is 0 Å². The van der Waals surface area contributed by atoms with E-state index in [0.717, 1.165) is 13.1 Å². The van der Waals surface area contributed by atoms with Gasteiger partial charge < -0.3 is 10.4 Å². The molecule has 3 heteroatoms. The molecule has 0 aromatic heterocycles. The molecular formula is C16H17NOS. The largest absolute Gasteiger partial charge is 0.508 e. The second kappa shape index (κ2) is 5.68. The molecule has 2 nitrogen and oxygen atoms in total. The lowest BCUT2D eigenvalue weighted by Crippen LogP contribution is -2.21. The minimum atomic E-state index is 0.324. The molecule has 0 spiro atoms. The van der Waals surface area contributed by atoms with Crippen LogP contribution in [0.5, 0.6) is 5.75 Å². The minimum absolute atomic E-state index is 0.324. The lowest BCUT2D eigenvalue weighted by atomic mass is 10.0. The first-order valence-electron chi connectivity index (χ1n) is 6.53. The summed E-state index contributed by atoms with van der Waals surface area (Å²) in [4.78, 5) is 1.43. The van der Waals surface area contributed by atoms with Gasteiger partial charge in [0.05, 0.1) is 0 Å². The van der Waals surface area contributed by atoms with Gasteiger partial charge >= 0.3 is 0 Å². The second-order valence-corrected chi connectivity index (χ2v) is 5.90. The summed E-state index contributed by atoms with van der Waals surface area (Å²) in [6, 6.07) is 16.1. The van der Waals surface area contributed by atoms with Gasteiger partial charge in [0.25, 0.3) is 0 Å². The molecule has 2 aromatic rings. The Labute approximate surface area is 117 Å². The van der Waals surface area contributed by atoms with E-state index in [2.05, 4.69) is 29.6 Å². The number of fused-ring (bicyclic) bond motifs is 1. The van der Waals surface area contributed by atoms with Gasteiger partial charge in [-0.3, -0.25) is 0 Å². The standard InChI is InChI=1S/C16H17NOS/c18-14-7-5-12(6-8-14)9-17-10-13-11-19-16-4-2-1-3-15(13)16/h1-8,13,17-18H,9-11H2. The van der Waals surface area contributed by atoms with E-state index >= 15 is 0 Å². The van der Waals surface area contributed by atoms with Crippen molar-refractivity contribution in [1.29, 1.82) is 0 Å². The Hall–Kier alpha value is -1.45. The highest BCUT2D eigenvalue weighted by atomic mass is 32.2. The van der Waals surface area contributed by atoms with E-state index in [1.165, 1.54) is 21.8 Å². The average Bonchev–Trinajstić information content (AvgIpc) is 2.85. The highest BCUT2D eigenvalue weighted by Gasteiger charge is 2.21. The summed E-state index contributed by atoms with van der Waals surface area (Å²) in [7, 11) is 0. The fraction of sp³-hybridized carbons (Fsp3) is 0.250. The minimum Gasteiger partial charge on any atom is -0.508 e. The van der Waals surface area contributed by atoms with Crippen molar-refractivity contribution in [1.82, 2.24) is 5.32 Å². The molecule has 19 heavy (non-hydrogen) atoms. The zero-order valence-corrected chi connectivity index (χ0v) is 11.5. The zero-order valence-electron chi connectivity index (χ0n) is 10.7. The number of aromatic hydroxyl groups is 1. The highest BCUT2D eigenvalue weighted by molar-refractivity contribution is 7.99. The van der Waals surface area contributed by atoms with Crippen molar-refractivity contribution in [3.8, 4) is 5.75 Å². The molecule has 0 fully saturated rings. The van der Waals surface area contributed by atoms with Gasteiger partial charge in [-0.2, -0.15) is 0 Å². The summed E-state index contributed by atoms with van der Waals surface area (Å²) in [5, 5.41) is 12.7. The Morgan fingerprint density at radius 3 is 2.74 bits per heavy atom. The van der Waals surface area contributed by atoms with E-state index in [0.29, 0.717) is 11.7 Å². The quantitative estimate of drug-likeness (QED) is 0.894. The fourth-order valence-corrected chi connectivity index (χ4v) is 3.66. The molecule has 1 aliphatic rings. The third-order valence-electron chi connectivity index (χ3n) is 3.46. The van der Waals surface area contributed by atoms with Crippen LogP contribution in [0.2, 0.25) is 0 Å². The van der Waals surface area contributed by atoms with Gasteiger partial charge in [0.1, 0.15) is 5.75 Å². The summed E-state index contributed by atoms with van der Waals surface area (Å²) in [6.07, 6.45) is 0. The fourth-order valence-electron chi connectivity index (χ4n) is 2.40. The van der Waals surface area contributed by atoms with Crippen LogP contribution in [0.3, 0.4) is 0 Å². The number of thioether (sulfide) groups is 1. The van der Waals surface area contributed by atoms with E-state index in [9.17, 15) is 5.11 Å². The molecule has 1 unspecified atom stereocenters. The van der Waals surface area contributed by atoms with E-state index in [1.54, 1.807) is 12.1 Å². The van der Waals surface area contributed by atoms with Gasteiger partial charge in [0, 0.05) is 29.7 Å². The molecule has 98 valence electrons. The van der Waals surface area contributed by atoms with E-state index in [1.807, 2.05) is 23.9 Å². The first-order chi connectivity index (χ1) is 9.33. The molecular weight excluding hydrogens is 254 g/mol. The smallest absolute Gasteiger partial charge is 0.115 e. The van der Waals surface area contributed by atoms with Gasteiger partial charge in [-0.15, -0.1) is 11.8 Å². The Morgan fingerprint density at radius 1 is 1.11 bits per heavy atom. The van der Waals surface area contributed by atoms with Crippen LogP contribution in [-0.2, 0) is 6.54 Å². The first kappa shape index (κ1) is 12.6. The third-order valence-corrected chi connectivity index (χ3v) is 4.71. The maximum absolute atomic E-state index is 9.24. The van der Waals surface area contributed by atoms with Crippen molar-refractivity contribution < 1.29 is 5.11 Å². The number of benzene rings is 2. The van der Waals surface area contributed by atoms with Gasteiger partial charge in [-0.05, 0) is 29.3 Å². The number of phenolic OH excluding ortho intramolecular Hbond substituents is 1. The van der Waals surface area contributed by atoms with Crippen LogP contribution < -0.4 is 5.32 Å². The summed E-state index contributed by atoms with van der Waals surface area (Å²) >= 11 is 1.95. The Morgan fingerprint density at radius 2 is 1.89 bits per heavy atom. The number of rotatable bonds is 4. The molecule has 3 rings (SSSR count). The lowest BCUT2D eigenvalue weighted by molar-refractivity contribution is 0.475. The normalized spacial score (nSPS) is 17.4. The van der Waals surface area contributed by atoms with E-state index in [4.69, 9.17) is 0 Å². The molecule has 1 heterocycles. The lowest BCUT2D eigenvalue weighted by Gasteiger charge is -2.12. The monoisotopic (exact) mass is 271 g/mol. The van der Waals surface area contributed by atoms with Crippen molar-refractivity contribution in [3.63, 3.8) is 0 Å². The summed E-state index contributed by atoms with van der Waals surface area (Å²) in [6.45, 7) is 1.86. The van der Waals surface area contributed by atoms with Crippen molar-refractivity contribution in [2.45, 2.75) is 17.4 Å². The van der Waals surface area contributed by atoms with Crippen molar-refractivity contribution in [2.24, 2.45) is 0 Å². The maximum Gasteiger partial charge on any atom is 0.115 e. The molecule has 2 N–H and O–H groups in total. The van der Waals surface area contributed by atoms with Crippen LogP contribution in [0.15, 0.2) is 53.4 Å². The second-order valence-electron chi connectivity index (χ2n) is 4.84. The van der Waals surface area contributed by atoms with Crippen molar-refractivity contribution >= 4 is 11.8 Å². The Kier molecular flexibility index (Phi) is 3.76. The van der Waals surface area contributed by atoms with Crippen LogP contribution in [0.25, 0.3) is 0 Å². The molecule has 0 saturated heterocycles. The SMILES string of the molecule is Oc1ccc(CNCC2CSc3ccccc32)cc1. The molecule has 0 aliphatic carbocycles. The summed E-state index contributed by atoms with van der Waals surface area (Å²) in [5.74, 6) is 2.10. The number of nitrogens with one attached hydrogen (secondary N) is 1. The van der Waals surface area contributed by atoms with Crippen LogP contribution >= 0.6 is 11.8 Å². The van der Waals surface area contributed by atoms with Crippen molar-refractivity contribution in [3.05, 3.63) is 59.7 Å². The predicted molar refractivity (Wildman–Crippen MR) is 79.7 cm³/mol. The van der Waals surface area contributed by atoms with Crippen LogP contribution in [-0.4, -0.2) is 17.4 Å². The van der Waals surface area contributed by atoms with Gasteiger partial charge in [0.2, 0.25) is 0 Å². The molecule has 0 amide bonds. The zero-order chi connectivity index (χ0) is 13.1. The third kappa shape index (κ3) is 2.94. The molecule has 1 aliphatic heterocycles. The predicted octanol–water partition coefficient (Wildman–Crippen LogP) is 3.37.